The third-order valence-corrected chi connectivity index (χ3v) is 13.9. The third-order valence-electron chi connectivity index (χ3n) is 12.7. The maximum absolute atomic E-state index is 2.46. The van der Waals surface area contributed by atoms with Crippen LogP contribution in [0.25, 0.3) is 64.3 Å². The Balaban J connectivity index is 1.07. The highest BCUT2D eigenvalue weighted by Crippen LogP contribution is 2.57. The van der Waals surface area contributed by atoms with E-state index in [0.29, 0.717) is 0 Å². The van der Waals surface area contributed by atoms with Gasteiger partial charge in [0.2, 0.25) is 0 Å². The number of anilines is 3. The maximum Gasteiger partial charge on any atom is 0.0714 e. The minimum Gasteiger partial charge on any atom is -0.310 e. The summed E-state index contributed by atoms with van der Waals surface area (Å²) >= 11 is 1.87. The van der Waals surface area contributed by atoms with Crippen LogP contribution in [0.1, 0.15) is 22.3 Å². The predicted molar refractivity (Wildman–Crippen MR) is 260 cm³/mol. The Kier molecular flexibility index (Phi) is 8.33. The van der Waals surface area contributed by atoms with Crippen molar-refractivity contribution in [2.24, 2.45) is 0 Å². The van der Waals surface area contributed by atoms with Crippen molar-refractivity contribution < 1.29 is 0 Å². The summed E-state index contributed by atoms with van der Waals surface area (Å²) in [6.07, 6.45) is 0. The topological polar surface area (TPSA) is 3.24 Å². The van der Waals surface area contributed by atoms with Gasteiger partial charge in [-0.15, -0.1) is 11.3 Å². The molecule has 0 radical (unpaired) electrons. The highest BCUT2D eigenvalue weighted by atomic mass is 32.1. The first-order valence-corrected chi connectivity index (χ1v) is 21.8. The number of fused-ring (bicyclic) bond motifs is 7. The SMILES string of the molecule is c1ccc(C2(c3ccccc3)c3ccccc3-c3ccc(N(c4ccc(-c5cccc6sc7ccccc7c56)cc4)c4cccc(-c5ccc6ccccc6c5)c4)cc32)cc1. The van der Waals surface area contributed by atoms with Crippen molar-refractivity contribution in [1.29, 1.82) is 0 Å². The first-order chi connectivity index (χ1) is 30.2. The predicted octanol–water partition coefficient (Wildman–Crippen LogP) is 16.4. The van der Waals surface area contributed by atoms with Crippen molar-refractivity contribution in [1.82, 2.24) is 0 Å². The van der Waals surface area contributed by atoms with Gasteiger partial charge in [-0.1, -0.05) is 182 Å². The van der Waals surface area contributed by atoms with E-state index < -0.39 is 5.41 Å². The van der Waals surface area contributed by atoms with Crippen molar-refractivity contribution in [2.45, 2.75) is 5.41 Å². The zero-order valence-electron chi connectivity index (χ0n) is 33.4. The van der Waals surface area contributed by atoms with Gasteiger partial charge in [-0.3, -0.25) is 0 Å². The van der Waals surface area contributed by atoms with E-state index in [1.54, 1.807) is 0 Å². The van der Waals surface area contributed by atoms with Crippen LogP contribution in [-0.2, 0) is 5.41 Å². The summed E-state index contributed by atoms with van der Waals surface area (Å²) in [5, 5.41) is 5.12. The van der Waals surface area contributed by atoms with E-state index in [9.17, 15) is 0 Å². The second-order valence-electron chi connectivity index (χ2n) is 16.0. The number of rotatable bonds is 7. The van der Waals surface area contributed by atoms with Crippen molar-refractivity contribution in [3.8, 4) is 33.4 Å². The monoisotopic (exact) mass is 793 g/mol. The second-order valence-corrected chi connectivity index (χ2v) is 17.1. The summed E-state index contributed by atoms with van der Waals surface area (Å²) in [5.74, 6) is 0. The molecule has 0 saturated carbocycles. The summed E-state index contributed by atoms with van der Waals surface area (Å²) in [4.78, 5) is 2.44. The van der Waals surface area contributed by atoms with Crippen LogP contribution in [0, 0.1) is 0 Å². The molecule has 11 aromatic rings. The molecule has 286 valence electrons. The molecule has 1 aromatic heterocycles. The van der Waals surface area contributed by atoms with Gasteiger partial charge in [0, 0.05) is 37.2 Å². The Labute approximate surface area is 360 Å². The van der Waals surface area contributed by atoms with Gasteiger partial charge in [0.05, 0.1) is 5.41 Å². The first-order valence-electron chi connectivity index (χ1n) is 21.0. The second kappa shape index (κ2) is 14.3. The smallest absolute Gasteiger partial charge is 0.0714 e. The van der Waals surface area contributed by atoms with Crippen molar-refractivity contribution >= 4 is 59.3 Å². The van der Waals surface area contributed by atoms with Gasteiger partial charge in [-0.2, -0.15) is 0 Å². The standard InChI is InChI=1S/C59H39NS/c1-3-18-45(19-4-1)59(46-20-5-2-6-21-46)54-26-11-9-23-51(54)52-36-35-49(39-55(52)59)60(48-22-13-17-43(38-48)44-30-29-40-15-7-8-16-42(40)37-44)47-33-31-41(32-34-47)50-25-14-28-57-58(50)53-24-10-12-27-56(53)61-57/h1-39H. The molecule has 1 heterocycles. The van der Waals surface area contributed by atoms with E-state index in [4.69, 9.17) is 0 Å². The molecule has 10 aromatic carbocycles. The van der Waals surface area contributed by atoms with Gasteiger partial charge in [0.25, 0.3) is 0 Å². The Morgan fingerprint density at radius 2 is 0.918 bits per heavy atom. The number of thiophene rings is 1. The van der Waals surface area contributed by atoms with Crippen LogP contribution >= 0.6 is 11.3 Å². The highest BCUT2D eigenvalue weighted by Gasteiger charge is 2.46. The fraction of sp³-hybridized carbons (Fsp3) is 0.0169. The minimum absolute atomic E-state index is 0.505. The van der Waals surface area contributed by atoms with Crippen LogP contribution in [0.2, 0.25) is 0 Å². The van der Waals surface area contributed by atoms with Crippen LogP contribution < -0.4 is 4.90 Å². The van der Waals surface area contributed by atoms with E-state index in [0.717, 1.165) is 17.1 Å². The fourth-order valence-corrected chi connectivity index (χ4v) is 11.1. The molecule has 0 N–H and O–H groups in total. The zero-order chi connectivity index (χ0) is 40.3. The Morgan fingerprint density at radius 1 is 0.328 bits per heavy atom. The van der Waals surface area contributed by atoms with E-state index in [-0.39, 0.29) is 0 Å². The average Bonchev–Trinajstić information content (AvgIpc) is 3.86. The number of hydrogen-bond acceptors (Lipinski definition) is 2. The van der Waals surface area contributed by atoms with Gasteiger partial charge >= 0.3 is 0 Å². The van der Waals surface area contributed by atoms with Crippen LogP contribution in [-0.4, -0.2) is 0 Å². The summed E-state index contributed by atoms with van der Waals surface area (Å²) in [6, 6.07) is 87.4. The molecule has 0 unspecified atom stereocenters. The van der Waals surface area contributed by atoms with Gasteiger partial charge in [0.1, 0.15) is 0 Å². The maximum atomic E-state index is 2.46. The molecule has 1 aliphatic rings. The lowest BCUT2D eigenvalue weighted by Crippen LogP contribution is -2.28. The molecule has 0 aliphatic heterocycles. The molecule has 12 rings (SSSR count). The molecule has 0 spiro atoms. The molecule has 2 heteroatoms. The molecule has 1 aliphatic carbocycles. The summed E-state index contributed by atoms with van der Waals surface area (Å²) in [7, 11) is 0. The highest BCUT2D eigenvalue weighted by molar-refractivity contribution is 7.25. The van der Waals surface area contributed by atoms with Gasteiger partial charge in [0.15, 0.2) is 0 Å². The van der Waals surface area contributed by atoms with E-state index in [2.05, 4.69) is 241 Å². The Hall–Kier alpha value is -7.52. The molecule has 0 atom stereocenters. The van der Waals surface area contributed by atoms with Gasteiger partial charge in [-0.05, 0) is 121 Å². The van der Waals surface area contributed by atoms with E-state index >= 15 is 0 Å². The fourth-order valence-electron chi connectivity index (χ4n) is 10.0. The Morgan fingerprint density at radius 3 is 1.74 bits per heavy atom. The molecular weight excluding hydrogens is 755 g/mol. The molecule has 1 nitrogen and oxygen atoms in total. The molecule has 0 bridgehead atoms. The van der Waals surface area contributed by atoms with Crippen molar-refractivity contribution in [3.63, 3.8) is 0 Å². The summed E-state index contributed by atoms with van der Waals surface area (Å²) < 4.78 is 2.63. The van der Waals surface area contributed by atoms with E-state index in [1.165, 1.54) is 86.6 Å². The van der Waals surface area contributed by atoms with Gasteiger partial charge < -0.3 is 4.90 Å². The third kappa shape index (κ3) is 5.68. The van der Waals surface area contributed by atoms with Crippen molar-refractivity contribution in [3.05, 3.63) is 259 Å². The van der Waals surface area contributed by atoms with Crippen LogP contribution in [0.15, 0.2) is 237 Å². The quantitative estimate of drug-likeness (QED) is 0.155. The van der Waals surface area contributed by atoms with Crippen LogP contribution in [0.5, 0.6) is 0 Å². The number of hydrogen-bond donors (Lipinski definition) is 0. The molecule has 0 saturated heterocycles. The first kappa shape index (κ1) is 35.4. The zero-order valence-corrected chi connectivity index (χ0v) is 34.2. The normalized spacial score (nSPS) is 12.7. The lowest BCUT2D eigenvalue weighted by atomic mass is 9.67. The summed E-state index contributed by atoms with van der Waals surface area (Å²) in [6.45, 7) is 0. The minimum atomic E-state index is -0.505. The van der Waals surface area contributed by atoms with Crippen LogP contribution in [0.4, 0.5) is 17.1 Å². The lowest BCUT2D eigenvalue weighted by molar-refractivity contribution is 0.768. The molecular formula is C59H39NS. The number of benzene rings is 10. The molecule has 61 heavy (non-hydrogen) atoms. The van der Waals surface area contributed by atoms with E-state index in [1.807, 2.05) is 11.3 Å². The lowest BCUT2D eigenvalue weighted by Gasteiger charge is -2.35. The van der Waals surface area contributed by atoms with Crippen molar-refractivity contribution in [2.75, 3.05) is 4.90 Å². The van der Waals surface area contributed by atoms with Gasteiger partial charge in [-0.25, -0.2) is 0 Å². The Bertz CT molecular complexity index is 3380. The van der Waals surface area contributed by atoms with Crippen LogP contribution in [0.3, 0.4) is 0 Å². The summed E-state index contributed by atoms with van der Waals surface area (Å²) in [5.41, 5.74) is 15.3. The number of nitrogens with zero attached hydrogens (tertiary/aromatic N) is 1. The molecule has 0 fully saturated rings. The molecule has 0 amide bonds. The largest absolute Gasteiger partial charge is 0.310 e. The average molecular weight is 794 g/mol.